The molecule has 0 bridgehead atoms. The van der Waals surface area contributed by atoms with Crippen LogP contribution in [-0.2, 0) is 4.79 Å². The monoisotopic (exact) mass is 385 g/mol. The van der Waals surface area contributed by atoms with Crippen LogP contribution in [0.1, 0.15) is 0 Å². The topological polar surface area (TPSA) is 151 Å². The van der Waals surface area contributed by atoms with Crippen LogP contribution >= 0.6 is 11.8 Å². The van der Waals surface area contributed by atoms with Gasteiger partial charge in [-0.25, -0.2) is 4.98 Å². The van der Waals surface area contributed by atoms with Crippen molar-refractivity contribution in [1.29, 1.82) is 0 Å². The number of thioether (sulfide) groups is 1. The van der Waals surface area contributed by atoms with Gasteiger partial charge in [-0.2, -0.15) is 0 Å². The van der Waals surface area contributed by atoms with Crippen LogP contribution < -0.4 is 0 Å². The van der Waals surface area contributed by atoms with E-state index in [1.165, 1.54) is 24.3 Å². The summed E-state index contributed by atoms with van der Waals surface area (Å²) in [5, 5.41) is 29.7. The van der Waals surface area contributed by atoms with Gasteiger partial charge in [-0.1, -0.05) is 23.9 Å². The van der Waals surface area contributed by atoms with Crippen LogP contribution in [0, 0.1) is 15.0 Å². The maximum atomic E-state index is 11.3. The second-order valence-electron chi connectivity index (χ2n) is 5.31. The molecule has 0 fully saturated rings. The first kappa shape index (κ1) is 18.2. The van der Waals surface area contributed by atoms with E-state index in [0.29, 0.717) is 16.7 Å². The van der Waals surface area contributed by atoms with Crippen LogP contribution in [0.4, 0.5) is 5.69 Å². The molecule has 3 aromatic rings. The molecule has 1 amide bonds. The number of nitrogens with one attached hydrogen (secondary N) is 1. The number of nitro benzene ring substituents is 1. The van der Waals surface area contributed by atoms with Crippen LogP contribution in [0.3, 0.4) is 0 Å². The van der Waals surface area contributed by atoms with Gasteiger partial charge in [0.1, 0.15) is 5.75 Å². The van der Waals surface area contributed by atoms with Crippen LogP contribution in [0.2, 0.25) is 0 Å². The molecule has 0 aliphatic rings. The minimum Gasteiger partial charge on any atom is -0.508 e. The van der Waals surface area contributed by atoms with E-state index in [0.717, 1.165) is 11.8 Å². The van der Waals surface area contributed by atoms with E-state index < -0.39 is 10.8 Å². The summed E-state index contributed by atoms with van der Waals surface area (Å²) < 4.78 is 0. The lowest BCUT2D eigenvalue weighted by molar-refractivity contribution is -0.384. The van der Waals surface area contributed by atoms with Gasteiger partial charge < -0.3 is 5.11 Å². The molecule has 0 saturated heterocycles. The number of benzene rings is 2. The molecule has 10 nitrogen and oxygen atoms in total. The van der Waals surface area contributed by atoms with Crippen LogP contribution in [0.5, 0.6) is 5.75 Å². The van der Waals surface area contributed by atoms with Crippen LogP contribution in [-0.4, -0.2) is 36.9 Å². The lowest BCUT2D eigenvalue weighted by Crippen LogP contribution is -1.95. The Morgan fingerprint density at radius 2 is 1.89 bits per heavy atom. The maximum absolute atomic E-state index is 11.3. The summed E-state index contributed by atoms with van der Waals surface area (Å²) in [7, 11) is 0. The molecule has 27 heavy (non-hydrogen) atoms. The predicted molar refractivity (Wildman–Crippen MR) is 97.1 cm³/mol. The Morgan fingerprint density at radius 3 is 2.56 bits per heavy atom. The minimum absolute atomic E-state index is 0.0840. The zero-order chi connectivity index (χ0) is 19.4. The van der Waals surface area contributed by atoms with Gasteiger partial charge >= 0.3 is 0 Å². The summed E-state index contributed by atoms with van der Waals surface area (Å²) in [4.78, 5) is 36.0. The number of aromatic nitrogens is 3. The fourth-order valence-electron chi connectivity index (χ4n) is 2.27. The molecule has 1 aromatic heterocycles. The summed E-state index contributed by atoms with van der Waals surface area (Å²) in [5.74, 6) is -0.682. The fourth-order valence-corrected chi connectivity index (χ4v) is 2.84. The number of nitro groups is 1. The molecule has 0 aliphatic carbocycles. The van der Waals surface area contributed by atoms with E-state index in [-0.39, 0.29) is 28.2 Å². The highest BCUT2D eigenvalue weighted by molar-refractivity contribution is 7.99. The number of phenols is 1. The number of non-ortho nitro benzene ring substituents is 1. The first-order valence-electron chi connectivity index (χ1n) is 7.47. The van der Waals surface area contributed by atoms with Gasteiger partial charge in [0.2, 0.25) is 5.16 Å². The number of hydrogen-bond donors (Lipinski definition) is 2. The van der Waals surface area contributed by atoms with Gasteiger partial charge in [0.05, 0.1) is 10.7 Å². The lowest BCUT2D eigenvalue weighted by atomic mass is 10.0. The Balaban J connectivity index is 1.96. The Kier molecular flexibility index (Phi) is 5.22. The number of phenolic OH excluding ortho intramolecular Hbond substituents is 1. The average molecular weight is 385 g/mol. The third-order valence-corrected chi connectivity index (χ3v) is 4.33. The first-order valence-corrected chi connectivity index (χ1v) is 8.45. The number of aromatic hydroxyl groups is 1. The van der Waals surface area contributed by atoms with Crippen molar-refractivity contribution in [3.63, 3.8) is 0 Å². The van der Waals surface area contributed by atoms with Gasteiger partial charge in [-0.15, -0.1) is 10.0 Å². The third-order valence-electron chi connectivity index (χ3n) is 3.49. The van der Waals surface area contributed by atoms with E-state index in [9.17, 15) is 24.9 Å². The van der Waals surface area contributed by atoms with E-state index in [2.05, 4.69) is 20.4 Å². The van der Waals surface area contributed by atoms with Gasteiger partial charge in [-0.3, -0.25) is 20.0 Å². The average Bonchev–Trinajstić information content (AvgIpc) is 3.15. The number of carbonyl (C=O) groups is 1. The van der Waals surface area contributed by atoms with Crippen molar-refractivity contribution in [1.82, 2.24) is 15.2 Å². The highest BCUT2D eigenvalue weighted by Gasteiger charge is 2.15. The molecule has 11 heteroatoms. The van der Waals surface area contributed by atoms with Crippen molar-refractivity contribution in [2.45, 2.75) is 5.16 Å². The van der Waals surface area contributed by atoms with Crippen molar-refractivity contribution in [3.05, 3.63) is 57.5 Å². The van der Waals surface area contributed by atoms with E-state index in [4.69, 9.17) is 0 Å². The summed E-state index contributed by atoms with van der Waals surface area (Å²) in [6.07, 6.45) is 0. The number of hydrogen-bond acceptors (Lipinski definition) is 8. The molecule has 1 heterocycles. The van der Waals surface area contributed by atoms with Gasteiger partial charge in [0.15, 0.2) is 5.82 Å². The molecule has 2 aromatic carbocycles. The Hall–Kier alpha value is -3.60. The van der Waals surface area contributed by atoms with Gasteiger partial charge in [0, 0.05) is 22.9 Å². The molecular formula is C16H11N5O5S. The first-order chi connectivity index (χ1) is 13.0. The zero-order valence-corrected chi connectivity index (χ0v) is 14.3. The number of amides is 1. The number of rotatable bonds is 6. The summed E-state index contributed by atoms with van der Waals surface area (Å²) >= 11 is 0.923. The Labute approximate surface area is 155 Å². The fraction of sp³-hybridized carbons (Fsp3) is 0.0625. The number of carbonyl (C=O) groups excluding carboxylic acids is 1. The van der Waals surface area contributed by atoms with Crippen LogP contribution in [0.15, 0.2) is 52.8 Å². The number of nitroso groups, excluding NO2 is 1. The van der Waals surface area contributed by atoms with E-state index in [1.54, 1.807) is 18.2 Å². The second-order valence-corrected chi connectivity index (χ2v) is 6.26. The van der Waals surface area contributed by atoms with Gasteiger partial charge in [0.25, 0.3) is 11.6 Å². The Morgan fingerprint density at radius 1 is 1.19 bits per heavy atom. The third kappa shape index (κ3) is 4.33. The molecule has 2 N–H and O–H groups in total. The highest BCUT2D eigenvalue weighted by Crippen LogP contribution is 2.31. The van der Waals surface area contributed by atoms with Crippen LogP contribution in [0.25, 0.3) is 22.5 Å². The van der Waals surface area contributed by atoms with Crippen molar-refractivity contribution in [2.75, 3.05) is 5.75 Å². The summed E-state index contributed by atoms with van der Waals surface area (Å²) in [6.45, 7) is 0. The highest BCUT2D eigenvalue weighted by atomic mass is 32.2. The maximum Gasteiger partial charge on any atom is 0.296 e. The summed E-state index contributed by atoms with van der Waals surface area (Å²) in [6, 6.07) is 10.7. The van der Waals surface area contributed by atoms with Crippen molar-refractivity contribution in [2.24, 2.45) is 5.18 Å². The normalized spacial score (nSPS) is 10.5. The molecule has 0 radical (unpaired) electrons. The molecule has 0 saturated carbocycles. The molecule has 136 valence electrons. The molecule has 0 atom stereocenters. The number of nitrogens with zero attached hydrogens (tertiary/aromatic N) is 4. The Bertz CT molecular complexity index is 1020. The standard InChI is InChI=1S/C16H11N5O5S/c22-13-3-1-9(2-4-13)10-5-11(7-12(6-10)21(25)26)15-17-16(19-18-15)27-8-14(23)20-24/h1-7,22H,8H2,(H,17,18,19). The minimum atomic E-state index is -0.837. The van der Waals surface area contributed by atoms with Crippen molar-refractivity contribution < 1.29 is 14.8 Å². The molecule has 0 unspecified atom stereocenters. The smallest absolute Gasteiger partial charge is 0.296 e. The molecule has 0 spiro atoms. The number of H-pyrrole nitrogens is 1. The van der Waals surface area contributed by atoms with Crippen molar-refractivity contribution >= 4 is 23.4 Å². The van der Waals surface area contributed by atoms with E-state index in [1.807, 2.05) is 0 Å². The summed E-state index contributed by atoms with van der Waals surface area (Å²) in [5.41, 5.74) is 1.52. The van der Waals surface area contributed by atoms with Crippen molar-refractivity contribution in [3.8, 4) is 28.3 Å². The van der Waals surface area contributed by atoms with Gasteiger partial charge in [-0.05, 0) is 29.3 Å². The molecule has 0 aliphatic heterocycles. The van der Waals surface area contributed by atoms with E-state index >= 15 is 0 Å². The number of aromatic amines is 1. The quantitative estimate of drug-likeness (QED) is 0.284. The molecule has 3 rings (SSSR count). The lowest BCUT2D eigenvalue weighted by Gasteiger charge is -2.05. The largest absolute Gasteiger partial charge is 0.508 e. The SMILES string of the molecule is O=NC(=O)CSc1n[nH]c(-c2cc(-c3ccc(O)cc3)cc([N+](=O)[O-])c2)n1. The second kappa shape index (κ2) is 7.74. The predicted octanol–water partition coefficient (Wildman–Crippen LogP) is 3.14. The molecular weight excluding hydrogens is 374 g/mol. The zero-order valence-electron chi connectivity index (χ0n) is 13.5.